The zero-order valence-corrected chi connectivity index (χ0v) is 18.9. The van der Waals surface area contributed by atoms with Gasteiger partial charge in [0.15, 0.2) is 12.7 Å². The average molecular weight is 497 g/mol. The van der Waals surface area contributed by atoms with Gasteiger partial charge in [-0.1, -0.05) is 23.2 Å². The van der Waals surface area contributed by atoms with Gasteiger partial charge in [-0.2, -0.15) is 0 Å². The summed E-state index contributed by atoms with van der Waals surface area (Å²) in [7, 11) is 0. The zero-order chi connectivity index (χ0) is 23.4. The van der Waals surface area contributed by atoms with Gasteiger partial charge in [-0.15, -0.1) is 0 Å². The fourth-order valence-electron chi connectivity index (χ4n) is 5.15. The maximum Gasteiger partial charge on any atom is 0.264 e. The minimum atomic E-state index is -0.668. The molecule has 1 saturated heterocycles. The number of carbonyl (C=O) groups is 2. The maximum atomic E-state index is 13.6. The van der Waals surface area contributed by atoms with Crippen LogP contribution in [-0.4, -0.2) is 47.0 Å². The number of nitrogens with zero attached hydrogens (tertiary/aromatic N) is 1. The number of carbonyl (C=O) groups excluding carboxylic acids is 2. The molecule has 10 heteroatoms. The molecule has 33 heavy (non-hydrogen) atoms. The second-order valence-electron chi connectivity index (χ2n) is 8.91. The molecule has 6 rings (SSSR count). The topological polar surface area (TPSA) is 67.9 Å². The van der Waals surface area contributed by atoms with Crippen molar-refractivity contribution in [1.29, 1.82) is 0 Å². The van der Waals surface area contributed by atoms with Crippen molar-refractivity contribution < 1.29 is 27.8 Å². The maximum absolute atomic E-state index is 13.6. The van der Waals surface area contributed by atoms with Crippen molar-refractivity contribution in [3.8, 4) is 11.5 Å². The van der Waals surface area contributed by atoms with E-state index in [1.807, 2.05) is 4.90 Å². The van der Waals surface area contributed by atoms with Crippen LogP contribution >= 0.6 is 23.2 Å². The highest BCUT2D eigenvalue weighted by atomic mass is 35.5. The molecular weight excluding hydrogens is 477 g/mol. The molecule has 0 aromatic heterocycles. The SMILES string of the molecule is O=C(COc1ccc(Cl)c(F)c1)NC12CC(N3CCC(Oc4ccc(Cl)c(F)c4)C3=O)(C1)C2. The number of benzene rings is 2. The van der Waals surface area contributed by atoms with Crippen LogP contribution in [0.3, 0.4) is 0 Å². The number of amides is 2. The highest BCUT2D eigenvalue weighted by Crippen LogP contribution is 2.64. The largest absolute Gasteiger partial charge is 0.484 e. The minimum absolute atomic E-state index is 0.00586. The first-order valence-electron chi connectivity index (χ1n) is 10.5. The summed E-state index contributed by atoms with van der Waals surface area (Å²) in [6.07, 6.45) is 1.83. The van der Waals surface area contributed by atoms with Crippen molar-refractivity contribution in [3.05, 3.63) is 58.1 Å². The monoisotopic (exact) mass is 496 g/mol. The summed E-state index contributed by atoms with van der Waals surface area (Å²) in [4.78, 5) is 27.0. The fourth-order valence-corrected chi connectivity index (χ4v) is 5.38. The first kappa shape index (κ1) is 22.2. The summed E-state index contributed by atoms with van der Waals surface area (Å²) in [6.45, 7) is 0.306. The highest BCUT2D eigenvalue weighted by molar-refractivity contribution is 6.31. The van der Waals surface area contributed by atoms with Crippen molar-refractivity contribution in [2.75, 3.05) is 13.2 Å². The van der Waals surface area contributed by atoms with Crippen molar-refractivity contribution in [3.63, 3.8) is 0 Å². The summed E-state index contributed by atoms with van der Waals surface area (Å²) < 4.78 is 38.2. The molecule has 0 radical (unpaired) electrons. The predicted octanol–water partition coefficient (Wildman–Crippen LogP) is 4.12. The van der Waals surface area contributed by atoms with Gasteiger partial charge in [0.25, 0.3) is 11.8 Å². The van der Waals surface area contributed by atoms with Gasteiger partial charge < -0.3 is 19.7 Å². The molecule has 4 fully saturated rings. The van der Waals surface area contributed by atoms with Crippen LogP contribution in [0.15, 0.2) is 36.4 Å². The molecule has 2 amide bonds. The third kappa shape index (κ3) is 3.99. The van der Waals surface area contributed by atoms with E-state index >= 15 is 0 Å². The molecule has 0 spiro atoms. The molecule has 3 aliphatic carbocycles. The van der Waals surface area contributed by atoms with E-state index in [4.69, 9.17) is 32.7 Å². The van der Waals surface area contributed by atoms with Gasteiger partial charge in [0.1, 0.15) is 23.1 Å². The second kappa shape index (κ2) is 8.02. The number of hydrogen-bond donors (Lipinski definition) is 1. The van der Waals surface area contributed by atoms with Gasteiger partial charge >= 0.3 is 0 Å². The number of hydrogen-bond acceptors (Lipinski definition) is 4. The van der Waals surface area contributed by atoms with Crippen LogP contribution < -0.4 is 14.8 Å². The number of likely N-dealkylation sites (tertiary alicyclic amines) is 1. The van der Waals surface area contributed by atoms with Gasteiger partial charge in [-0.3, -0.25) is 9.59 Å². The van der Waals surface area contributed by atoms with Gasteiger partial charge in [0, 0.05) is 36.2 Å². The third-order valence-corrected chi connectivity index (χ3v) is 7.18. The van der Waals surface area contributed by atoms with E-state index in [0.717, 1.165) is 6.07 Å². The molecule has 2 aromatic carbocycles. The molecule has 1 heterocycles. The van der Waals surface area contributed by atoms with Gasteiger partial charge in [0.05, 0.1) is 10.0 Å². The Balaban J connectivity index is 1.11. The van der Waals surface area contributed by atoms with Crippen LogP contribution in [0, 0.1) is 11.6 Å². The van der Waals surface area contributed by atoms with E-state index in [1.165, 1.54) is 30.3 Å². The Hall–Kier alpha value is -2.58. The summed E-state index contributed by atoms with van der Waals surface area (Å²) in [6, 6.07) is 8.08. The molecule has 2 bridgehead atoms. The van der Waals surface area contributed by atoms with Crippen LogP contribution in [0.25, 0.3) is 0 Å². The lowest BCUT2D eigenvalue weighted by molar-refractivity contribution is -0.188. The van der Waals surface area contributed by atoms with E-state index in [9.17, 15) is 18.4 Å². The zero-order valence-electron chi connectivity index (χ0n) is 17.4. The molecule has 1 N–H and O–H groups in total. The Morgan fingerprint density at radius 1 is 1.06 bits per heavy atom. The Morgan fingerprint density at radius 2 is 1.67 bits per heavy atom. The predicted molar refractivity (Wildman–Crippen MR) is 117 cm³/mol. The van der Waals surface area contributed by atoms with E-state index in [-0.39, 0.29) is 51.0 Å². The average Bonchev–Trinajstić information content (AvgIpc) is 3.07. The number of halogens is 4. The number of rotatable bonds is 7. The molecule has 3 saturated carbocycles. The molecule has 6 nitrogen and oxygen atoms in total. The van der Waals surface area contributed by atoms with Crippen LogP contribution in [0.2, 0.25) is 10.0 Å². The highest BCUT2D eigenvalue weighted by Gasteiger charge is 2.72. The van der Waals surface area contributed by atoms with E-state index in [2.05, 4.69) is 5.32 Å². The number of nitrogens with one attached hydrogen (secondary N) is 1. The lowest BCUT2D eigenvalue weighted by Crippen LogP contribution is -2.84. The van der Waals surface area contributed by atoms with E-state index in [0.29, 0.717) is 32.2 Å². The Labute approximate surface area is 198 Å². The Morgan fingerprint density at radius 3 is 2.30 bits per heavy atom. The molecule has 4 aliphatic rings. The summed E-state index contributed by atoms with van der Waals surface area (Å²) in [5.41, 5.74) is -0.613. The Bertz CT molecular complexity index is 1130. The quantitative estimate of drug-likeness (QED) is 0.625. The van der Waals surface area contributed by atoms with Gasteiger partial charge in [-0.25, -0.2) is 8.78 Å². The van der Waals surface area contributed by atoms with Crippen LogP contribution in [0.1, 0.15) is 25.7 Å². The second-order valence-corrected chi connectivity index (χ2v) is 9.72. The van der Waals surface area contributed by atoms with Crippen LogP contribution in [0.5, 0.6) is 11.5 Å². The molecule has 1 atom stereocenters. The first-order valence-corrected chi connectivity index (χ1v) is 11.3. The fraction of sp³-hybridized carbons (Fsp3) is 0.391. The van der Waals surface area contributed by atoms with Gasteiger partial charge in [-0.05, 0) is 43.5 Å². The molecule has 174 valence electrons. The first-order chi connectivity index (χ1) is 15.7. The standard InChI is InChI=1S/C23H20Cl2F2N2O4/c24-15-3-1-13(7-17(15)26)32-9-20(30)28-22-10-23(11-22,12-22)29-6-5-19(21(29)31)33-14-2-4-16(25)18(27)8-14/h1-4,7-8,19H,5-6,9-12H2,(H,28,30). The molecule has 1 unspecified atom stereocenters. The van der Waals surface area contributed by atoms with Crippen LogP contribution in [0.4, 0.5) is 8.78 Å². The molecule has 2 aromatic rings. The lowest BCUT2D eigenvalue weighted by atomic mass is 9.43. The van der Waals surface area contributed by atoms with E-state index < -0.39 is 17.7 Å². The lowest BCUT2D eigenvalue weighted by Gasteiger charge is -2.73. The van der Waals surface area contributed by atoms with Crippen molar-refractivity contribution in [2.24, 2.45) is 0 Å². The minimum Gasteiger partial charge on any atom is -0.484 e. The molecular formula is C23H20Cl2F2N2O4. The normalized spacial score (nSPS) is 27.6. The Kier molecular flexibility index (Phi) is 5.40. The van der Waals surface area contributed by atoms with Crippen molar-refractivity contribution in [2.45, 2.75) is 42.9 Å². The number of ether oxygens (including phenoxy) is 2. The van der Waals surface area contributed by atoms with Crippen molar-refractivity contribution in [1.82, 2.24) is 10.2 Å². The van der Waals surface area contributed by atoms with Gasteiger partial charge in [0.2, 0.25) is 0 Å². The van der Waals surface area contributed by atoms with Crippen LogP contribution in [-0.2, 0) is 9.59 Å². The summed E-state index contributed by atoms with van der Waals surface area (Å²) in [5.74, 6) is -1.17. The summed E-state index contributed by atoms with van der Waals surface area (Å²) in [5, 5.41) is 2.95. The smallest absolute Gasteiger partial charge is 0.264 e. The summed E-state index contributed by atoms with van der Waals surface area (Å²) >= 11 is 11.3. The van der Waals surface area contributed by atoms with Crippen molar-refractivity contribution >= 4 is 35.0 Å². The molecule has 1 aliphatic heterocycles. The third-order valence-electron chi connectivity index (χ3n) is 6.57. The van der Waals surface area contributed by atoms with E-state index in [1.54, 1.807) is 0 Å².